The predicted octanol–water partition coefficient (Wildman–Crippen LogP) is 7.81. The molecule has 0 radical (unpaired) electrons. The van der Waals surface area contributed by atoms with E-state index < -0.39 is 30.0 Å². The van der Waals surface area contributed by atoms with Crippen LogP contribution in [0.3, 0.4) is 0 Å². The Hall–Kier alpha value is -7.76. The third-order valence-corrected chi connectivity index (χ3v) is 18.1. The number of terminal acetylenes is 1. The van der Waals surface area contributed by atoms with Gasteiger partial charge in [0.1, 0.15) is 29.5 Å². The first kappa shape index (κ1) is 51.7. The van der Waals surface area contributed by atoms with E-state index in [9.17, 15) is 19.2 Å². The van der Waals surface area contributed by atoms with Gasteiger partial charge in [-0.25, -0.2) is 18.4 Å². The number of piperazine rings is 1. The molecular formula is C60H64F2N12O6. The number of nitrogens with one attached hydrogen (secondary N) is 3. The zero-order valence-electron chi connectivity index (χ0n) is 44.8. The van der Waals surface area contributed by atoms with E-state index in [1.54, 1.807) is 35.1 Å². The summed E-state index contributed by atoms with van der Waals surface area (Å²) in [5, 5.41) is 16.1. The Labute approximate surface area is 461 Å². The Morgan fingerprint density at radius 1 is 0.912 bits per heavy atom. The molecule has 9 heterocycles. The Morgan fingerprint density at radius 2 is 1.71 bits per heavy atom. The van der Waals surface area contributed by atoms with Gasteiger partial charge in [-0.05, 0) is 106 Å². The number of carbonyl (C=O) groups excluding carboxylic acids is 4. The van der Waals surface area contributed by atoms with Gasteiger partial charge in [0.15, 0.2) is 17.9 Å². The number of nitrogens with zero attached hydrogens (tertiary/aromatic N) is 9. The molecule has 7 fully saturated rings. The van der Waals surface area contributed by atoms with Crippen LogP contribution in [0.15, 0.2) is 66.9 Å². The van der Waals surface area contributed by atoms with E-state index >= 15 is 8.78 Å². The molecule has 80 heavy (non-hydrogen) atoms. The highest BCUT2D eigenvalue weighted by atomic mass is 19.1. The van der Waals surface area contributed by atoms with Crippen LogP contribution in [-0.4, -0.2) is 135 Å². The van der Waals surface area contributed by atoms with Crippen LogP contribution in [-0.2, 0) is 21.4 Å². The number of halogens is 2. The largest absolute Gasteiger partial charge is 0.448 e. The first-order valence-electron chi connectivity index (χ1n) is 28.3. The molecule has 1 aliphatic carbocycles. The molecule has 3 N–H and O–H groups in total. The molecule has 6 atom stereocenters. The van der Waals surface area contributed by atoms with Crippen molar-refractivity contribution in [1.29, 1.82) is 0 Å². The Kier molecular flexibility index (Phi) is 13.6. The molecule has 13 rings (SSSR count). The molecule has 0 spiro atoms. The van der Waals surface area contributed by atoms with Gasteiger partial charge >= 0.3 is 18.1 Å². The van der Waals surface area contributed by atoms with Gasteiger partial charge in [-0.2, -0.15) is 15.1 Å². The number of rotatable bonds is 10. The minimum absolute atomic E-state index is 0.0114. The van der Waals surface area contributed by atoms with Gasteiger partial charge in [0.25, 0.3) is 0 Å². The molecule has 4 bridgehead atoms. The van der Waals surface area contributed by atoms with E-state index in [4.69, 9.17) is 25.9 Å². The molecule has 1 saturated carbocycles. The summed E-state index contributed by atoms with van der Waals surface area (Å²) in [7, 11) is 1.85. The van der Waals surface area contributed by atoms with Crippen LogP contribution < -0.4 is 30.5 Å². The summed E-state index contributed by atoms with van der Waals surface area (Å²) >= 11 is 0. The van der Waals surface area contributed by atoms with Gasteiger partial charge < -0.3 is 29.9 Å². The second-order valence-electron chi connectivity index (χ2n) is 23.0. The highest BCUT2D eigenvalue weighted by Gasteiger charge is 2.44. The zero-order chi connectivity index (χ0) is 54.9. The molecule has 414 valence electrons. The fraction of sp³-hybridized carbons (Fsp3) is 0.467. The van der Waals surface area contributed by atoms with Crippen LogP contribution in [0, 0.1) is 35.8 Å². The fourth-order valence-electron chi connectivity index (χ4n) is 14.0. The number of fused-ring (bicyclic) bond motifs is 7. The van der Waals surface area contributed by atoms with Crippen molar-refractivity contribution in [1.82, 2.24) is 50.5 Å². The normalized spacial score (nSPS) is 26.2. The summed E-state index contributed by atoms with van der Waals surface area (Å²) in [5.41, 5.74) is 3.53. The van der Waals surface area contributed by atoms with Gasteiger partial charge in [-0.15, -0.1) is 6.42 Å². The van der Waals surface area contributed by atoms with Crippen molar-refractivity contribution in [3.05, 3.63) is 89.6 Å². The van der Waals surface area contributed by atoms with E-state index in [2.05, 4.69) is 60.5 Å². The number of carbonyl (C=O) groups is 4. The number of pyridine rings is 1. The summed E-state index contributed by atoms with van der Waals surface area (Å²) in [6, 6.07) is 14.2. The lowest BCUT2D eigenvalue weighted by molar-refractivity contribution is -0.137. The highest BCUT2D eigenvalue weighted by Crippen LogP contribution is 2.42. The standard InChI is InChI=1S/C60H64F2N12O6/c1-4-43-47(61)19-12-35-6-5-7-45(50(35)43)52-51(62)53-46(28-63-52)54(72-30-40-15-16-41(31-72)64-40)68-58(67-53)80-57-38-10-17-42(74(57)29-33(2)26-38)32-79-60(78)65-39-13-8-36(9-14-39)56(76)71-23-20-34(21-24-71)37-11-18-44-48(27-37)70(3)69-55(44)73-25-22-49(75)66-59(73)77/h1,5-7,11-12,18-19,27-28,34,36,38-42,57,64H,2,8-10,13-17,20-26,29-32H2,3H3,(H,65,78)(H,66,75,77)/t36?,38-,39?,40?,41?,42+,57?/m1/s1. The molecule has 3 aromatic carbocycles. The molecule has 20 heteroatoms. The maximum absolute atomic E-state index is 17.4. The zero-order valence-corrected chi connectivity index (χ0v) is 44.8. The van der Waals surface area contributed by atoms with Crippen LogP contribution in [0.5, 0.6) is 6.01 Å². The van der Waals surface area contributed by atoms with Crippen molar-refractivity contribution in [2.75, 3.05) is 55.7 Å². The lowest BCUT2D eigenvalue weighted by Gasteiger charge is -2.49. The SMILES string of the molecule is C#Cc1c(F)ccc2cccc(-c3ncc4c(N5CC6CCC(C5)N6)nc(OC5[C@@H]6CC[C@@H](COC(=O)NC7CCC(C(=O)N8CCC(c9ccc%10c(N%11CCC(=O)NC%11=O)nn(C)c%10c9)CC8)CC7)N5CC(=C)C6)nc4c3F)c12. The van der Waals surface area contributed by atoms with E-state index in [1.165, 1.54) is 16.5 Å². The summed E-state index contributed by atoms with van der Waals surface area (Å²) in [5.74, 6) is 2.36. The average molecular weight is 1090 g/mol. The first-order chi connectivity index (χ1) is 38.8. The number of benzene rings is 3. The lowest BCUT2D eigenvalue weighted by Crippen LogP contribution is -2.59. The molecule has 18 nitrogen and oxygen atoms in total. The minimum Gasteiger partial charge on any atom is -0.448 e. The number of urea groups is 1. The van der Waals surface area contributed by atoms with Crippen molar-refractivity contribution < 1.29 is 37.4 Å². The van der Waals surface area contributed by atoms with E-state index in [1.807, 2.05) is 18.0 Å². The minimum atomic E-state index is -0.693. The number of piperidine rings is 3. The van der Waals surface area contributed by atoms with Gasteiger partial charge in [0.2, 0.25) is 11.8 Å². The summed E-state index contributed by atoms with van der Waals surface area (Å²) in [6.45, 7) is 7.95. The summed E-state index contributed by atoms with van der Waals surface area (Å²) in [4.78, 5) is 74.1. The molecular weight excluding hydrogens is 1020 g/mol. The topological polar surface area (TPSA) is 192 Å². The number of ether oxygens (including phenoxy) is 2. The lowest BCUT2D eigenvalue weighted by atomic mass is 9.82. The fourth-order valence-corrected chi connectivity index (χ4v) is 14.0. The van der Waals surface area contributed by atoms with Crippen molar-refractivity contribution in [2.45, 2.75) is 113 Å². The smallest absolute Gasteiger partial charge is 0.407 e. The number of amides is 5. The molecule has 7 aliphatic rings. The molecule has 6 saturated heterocycles. The maximum atomic E-state index is 17.4. The van der Waals surface area contributed by atoms with Gasteiger partial charge in [-0.3, -0.25) is 34.4 Å². The Morgan fingerprint density at radius 3 is 2.49 bits per heavy atom. The quantitative estimate of drug-likeness (QED) is 0.0890. The van der Waals surface area contributed by atoms with Gasteiger partial charge in [-0.1, -0.05) is 48.4 Å². The maximum Gasteiger partial charge on any atom is 0.407 e. The van der Waals surface area contributed by atoms with Crippen molar-refractivity contribution in [3.63, 3.8) is 0 Å². The van der Waals surface area contributed by atoms with E-state index in [0.29, 0.717) is 91.8 Å². The molecule has 3 aromatic heterocycles. The third-order valence-electron chi connectivity index (χ3n) is 18.1. The van der Waals surface area contributed by atoms with Crippen molar-refractivity contribution in [2.24, 2.45) is 18.9 Å². The van der Waals surface area contributed by atoms with Crippen LogP contribution >= 0.6 is 0 Å². The Balaban J connectivity index is 0.644. The number of anilines is 2. The predicted molar refractivity (Wildman–Crippen MR) is 297 cm³/mol. The summed E-state index contributed by atoms with van der Waals surface area (Å²) < 4.78 is 47.1. The van der Waals surface area contributed by atoms with Crippen LogP contribution in [0.25, 0.3) is 43.8 Å². The average Bonchev–Trinajstić information content (AvgIpc) is 4.02. The number of hydrogen-bond donors (Lipinski definition) is 3. The second-order valence-corrected chi connectivity index (χ2v) is 23.0. The number of hydrogen-bond acceptors (Lipinski definition) is 13. The number of aromatic nitrogens is 5. The van der Waals surface area contributed by atoms with E-state index in [0.717, 1.165) is 61.4 Å². The second kappa shape index (κ2) is 21.0. The molecule has 6 aromatic rings. The number of aryl methyl sites for hydroxylation is 1. The van der Waals surface area contributed by atoms with Crippen LogP contribution in [0.2, 0.25) is 0 Å². The van der Waals surface area contributed by atoms with Gasteiger partial charge in [0, 0.05) is 111 Å². The third kappa shape index (κ3) is 9.61. The van der Waals surface area contributed by atoms with Crippen LogP contribution in [0.4, 0.5) is 30.0 Å². The van der Waals surface area contributed by atoms with E-state index in [-0.39, 0.29) is 96.1 Å². The number of imide groups is 1. The number of alkyl carbamates (subject to hydrolysis) is 1. The number of likely N-dealkylation sites (tertiary alicyclic amines) is 1. The first-order valence-corrected chi connectivity index (χ1v) is 28.3. The van der Waals surface area contributed by atoms with Crippen LogP contribution in [0.1, 0.15) is 94.1 Å². The monoisotopic (exact) mass is 1090 g/mol. The molecule has 5 amide bonds. The summed E-state index contributed by atoms with van der Waals surface area (Å²) in [6.07, 6.45) is 15.3. The van der Waals surface area contributed by atoms with Gasteiger partial charge in [0.05, 0.1) is 16.5 Å². The molecule has 6 aliphatic heterocycles. The van der Waals surface area contributed by atoms with Crippen molar-refractivity contribution >= 4 is 68.2 Å². The van der Waals surface area contributed by atoms with Crippen molar-refractivity contribution in [3.8, 4) is 29.6 Å². The Bertz CT molecular complexity index is 3540. The highest BCUT2D eigenvalue weighted by molar-refractivity contribution is 6.09. The molecule has 4 unspecified atom stereocenters.